The number of nitrogens with one attached hydrogen (secondary N) is 1. The van der Waals surface area contributed by atoms with Crippen molar-refractivity contribution < 1.29 is 4.74 Å². The summed E-state index contributed by atoms with van der Waals surface area (Å²) in [7, 11) is 0. The van der Waals surface area contributed by atoms with Gasteiger partial charge in [-0.1, -0.05) is 34.6 Å². The molecule has 0 amide bonds. The standard InChI is InChI=1S/C16H34N2O/c1-6-10-19-15-8-7-9-18(12-15)16(13(2)3)11-17-14(4)5/h13-17H,6-12H2,1-5H3. The molecule has 2 unspecified atom stereocenters. The highest BCUT2D eigenvalue weighted by molar-refractivity contribution is 4.83. The predicted octanol–water partition coefficient (Wildman–Crippen LogP) is 2.90. The van der Waals surface area contributed by atoms with Crippen molar-refractivity contribution >= 4 is 0 Å². The first-order chi connectivity index (χ1) is 9.04. The normalized spacial score (nSPS) is 23.2. The lowest BCUT2D eigenvalue weighted by Crippen LogP contribution is -2.52. The molecule has 1 N–H and O–H groups in total. The Kier molecular flexibility index (Phi) is 7.96. The van der Waals surface area contributed by atoms with E-state index in [1.165, 1.54) is 19.4 Å². The molecule has 114 valence electrons. The van der Waals surface area contributed by atoms with E-state index in [4.69, 9.17) is 4.74 Å². The molecule has 1 heterocycles. The van der Waals surface area contributed by atoms with Crippen LogP contribution in [0, 0.1) is 5.92 Å². The third-order valence-corrected chi connectivity index (χ3v) is 3.94. The van der Waals surface area contributed by atoms with Crippen LogP contribution in [-0.4, -0.2) is 49.3 Å². The average molecular weight is 270 g/mol. The molecule has 3 nitrogen and oxygen atoms in total. The molecule has 19 heavy (non-hydrogen) atoms. The van der Waals surface area contributed by atoms with Crippen molar-refractivity contribution in [2.24, 2.45) is 5.92 Å². The van der Waals surface area contributed by atoms with Gasteiger partial charge >= 0.3 is 0 Å². The lowest BCUT2D eigenvalue weighted by atomic mass is 9.98. The molecule has 3 heteroatoms. The van der Waals surface area contributed by atoms with Gasteiger partial charge in [-0.25, -0.2) is 0 Å². The summed E-state index contributed by atoms with van der Waals surface area (Å²) in [4.78, 5) is 2.64. The second-order valence-electron chi connectivity index (χ2n) is 6.50. The van der Waals surface area contributed by atoms with Crippen LogP contribution in [0.2, 0.25) is 0 Å². The van der Waals surface area contributed by atoms with Crippen molar-refractivity contribution in [1.82, 2.24) is 10.2 Å². The van der Waals surface area contributed by atoms with Gasteiger partial charge in [0.1, 0.15) is 0 Å². The average Bonchev–Trinajstić information content (AvgIpc) is 2.36. The number of ether oxygens (including phenoxy) is 1. The molecule has 0 bridgehead atoms. The largest absolute Gasteiger partial charge is 0.377 e. The minimum atomic E-state index is 0.453. The summed E-state index contributed by atoms with van der Waals surface area (Å²) >= 11 is 0. The van der Waals surface area contributed by atoms with Gasteiger partial charge in [0.25, 0.3) is 0 Å². The highest BCUT2D eigenvalue weighted by Gasteiger charge is 2.27. The Morgan fingerprint density at radius 2 is 2.00 bits per heavy atom. The summed E-state index contributed by atoms with van der Waals surface area (Å²) in [6, 6.07) is 1.20. The van der Waals surface area contributed by atoms with Crippen LogP contribution in [0.25, 0.3) is 0 Å². The van der Waals surface area contributed by atoms with E-state index in [9.17, 15) is 0 Å². The van der Waals surface area contributed by atoms with Crippen molar-refractivity contribution in [2.75, 3.05) is 26.2 Å². The minimum Gasteiger partial charge on any atom is -0.377 e. The third-order valence-electron chi connectivity index (χ3n) is 3.94. The highest BCUT2D eigenvalue weighted by Crippen LogP contribution is 2.19. The van der Waals surface area contributed by atoms with Gasteiger partial charge in [-0.3, -0.25) is 4.90 Å². The summed E-state index contributed by atoms with van der Waals surface area (Å²) in [6.07, 6.45) is 4.09. The number of piperidine rings is 1. The maximum atomic E-state index is 5.96. The summed E-state index contributed by atoms with van der Waals surface area (Å²) in [5, 5.41) is 3.60. The summed E-state index contributed by atoms with van der Waals surface area (Å²) in [5.74, 6) is 0.691. The molecule has 1 saturated heterocycles. The zero-order valence-corrected chi connectivity index (χ0v) is 13.6. The second kappa shape index (κ2) is 8.93. The second-order valence-corrected chi connectivity index (χ2v) is 6.50. The fourth-order valence-corrected chi connectivity index (χ4v) is 2.83. The van der Waals surface area contributed by atoms with Crippen molar-refractivity contribution in [1.29, 1.82) is 0 Å². The Balaban J connectivity index is 2.48. The fraction of sp³-hybridized carbons (Fsp3) is 1.00. The van der Waals surface area contributed by atoms with Crippen molar-refractivity contribution in [3.63, 3.8) is 0 Å². The fourth-order valence-electron chi connectivity index (χ4n) is 2.83. The van der Waals surface area contributed by atoms with Crippen molar-refractivity contribution in [3.8, 4) is 0 Å². The van der Waals surface area contributed by atoms with E-state index in [1.54, 1.807) is 0 Å². The third kappa shape index (κ3) is 6.24. The van der Waals surface area contributed by atoms with E-state index in [0.29, 0.717) is 24.1 Å². The van der Waals surface area contributed by atoms with E-state index in [-0.39, 0.29) is 0 Å². The van der Waals surface area contributed by atoms with Gasteiger partial charge in [0.15, 0.2) is 0 Å². The predicted molar refractivity (Wildman–Crippen MR) is 82.6 cm³/mol. The molecule has 2 atom stereocenters. The van der Waals surface area contributed by atoms with Crippen LogP contribution >= 0.6 is 0 Å². The molecular weight excluding hydrogens is 236 g/mol. The molecule has 1 rings (SSSR count). The minimum absolute atomic E-state index is 0.453. The van der Waals surface area contributed by atoms with Crippen LogP contribution in [-0.2, 0) is 4.74 Å². The molecule has 0 spiro atoms. The number of hydrogen-bond acceptors (Lipinski definition) is 3. The summed E-state index contributed by atoms with van der Waals surface area (Å²) in [5.41, 5.74) is 0. The van der Waals surface area contributed by atoms with Crippen LogP contribution in [0.4, 0.5) is 0 Å². The van der Waals surface area contributed by atoms with Gasteiger partial charge in [0.2, 0.25) is 0 Å². The maximum Gasteiger partial charge on any atom is 0.0702 e. The van der Waals surface area contributed by atoms with E-state index in [1.807, 2.05) is 0 Å². The van der Waals surface area contributed by atoms with Gasteiger partial charge in [0.05, 0.1) is 6.10 Å². The van der Waals surface area contributed by atoms with Crippen LogP contribution in [0.5, 0.6) is 0 Å². The Bertz CT molecular complexity index is 231. The first-order valence-corrected chi connectivity index (χ1v) is 8.13. The molecule has 1 fully saturated rings. The number of nitrogens with zero attached hydrogens (tertiary/aromatic N) is 1. The molecule has 0 aliphatic carbocycles. The van der Waals surface area contributed by atoms with E-state index >= 15 is 0 Å². The lowest BCUT2D eigenvalue weighted by Gasteiger charge is -2.40. The first kappa shape index (κ1) is 16.9. The molecule has 1 aliphatic rings. The summed E-state index contributed by atoms with van der Waals surface area (Å²) in [6.45, 7) is 15.7. The summed E-state index contributed by atoms with van der Waals surface area (Å²) < 4.78 is 5.96. The number of rotatable bonds is 8. The quantitative estimate of drug-likeness (QED) is 0.734. The monoisotopic (exact) mass is 270 g/mol. The maximum absolute atomic E-state index is 5.96. The molecule has 0 aromatic carbocycles. The van der Waals surface area contributed by atoms with Gasteiger partial charge in [-0.2, -0.15) is 0 Å². The first-order valence-electron chi connectivity index (χ1n) is 8.13. The van der Waals surface area contributed by atoms with E-state index in [2.05, 4.69) is 44.8 Å². The lowest BCUT2D eigenvalue weighted by molar-refractivity contribution is -0.0187. The van der Waals surface area contributed by atoms with Crippen molar-refractivity contribution in [3.05, 3.63) is 0 Å². The van der Waals surface area contributed by atoms with Crippen LogP contribution in [0.3, 0.4) is 0 Å². The zero-order valence-electron chi connectivity index (χ0n) is 13.6. The van der Waals surface area contributed by atoms with Gasteiger partial charge in [-0.15, -0.1) is 0 Å². The Labute approximate surface area is 120 Å². The molecular formula is C16H34N2O. The van der Waals surface area contributed by atoms with Gasteiger partial charge < -0.3 is 10.1 Å². The number of hydrogen-bond donors (Lipinski definition) is 1. The molecule has 1 aliphatic heterocycles. The Morgan fingerprint density at radius 1 is 1.26 bits per heavy atom. The topological polar surface area (TPSA) is 24.5 Å². The van der Waals surface area contributed by atoms with E-state index < -0.39 is 0 Å². The van der Waals surface area contributed by atoms with Crippen molar-refractivity contribution in [2.45, 2.75) is 72.1 Å². The molecule has 0 radical (unpaired) electrons. The SMILES string of the molecule is CCCOC1CCCN(C(CNC(C)C)C(C)C)C1. The van der Waals surface area contributed by atoms with Gasteiger partial charge in [0, 0.05) is 31.8 Å². The van der Waals surface area contributed by atoms with Gasteiger partial charge in [-0.05, 0) is 31.7 Å². The Hall–Kier alpha value is -0.120. The molecule has 0 aromatic rings. The molecule has 0 aromatic heterocycles. The van der Waals surface area contributed by atoms with Crippen LogP contribution < -0.4 is 5.32 Å². The number of likely N-dealkylation sites (tertiary alicyclic amines) is 1. The van der Waals surface area contributed by atoms with Crippen LogP contribution in [0.15, 0.2) is 0 Å². The molecule has 0 saturated carbocycles. The highest BCUT2D eigenvalue weighted by atomic mass is 16.5. The van der Waals surface area contributed by atoms with Crippen LogP contribution in [0.1, 0.15) is 53.9 Å². The van der Waals surface area contributed by atoms with E-state index in [0.717, 1.165) is 26.1 Å². The Morgan fingerprint density at radius 3 is 2.58 bits per heavy atom. The smallest absolute Gasteiger partial charge is 0.0702 e. The zero-order chi connectivity index (χ0) is 14.3.